The second-order valence-corrected chi connectivity index (χ2v) is 7.27. The number of rotatable bonds is 6. The highest BCUT2D eigenvalue weighted by Crippen LogP contribution is 2.35. The smallest absolute Gasteiger partial charge is 0.407 e. The lowest BCUT2D eigenvalue weighted by Crippen LogP contribution is -2.33. The number of anilines is 1. The normalized spacial score (nSPS) is 18.1. The Labute approximate surface area is 172 Å². The number of aromatic nitrogens is 3. The van der Waals surface area contributed by atoms with Crippen LogP contribution in [0.25, 0.3) is 0 Å². The molecule has 0 aliphatic heterocycles. The van der Waals surface area contributed by atoms with E-state index in [4.69, 9.17) is 4.74 Å². The quantitative estimate of drug-likeness (QED) is 0.574. The van der Waals surface area contributed by atoms with E-state index in [1.54, 1.807) is 6.20 Å². The molecule has 160 valence electrons. The summed E-state index contributed by atoms with van der Waals surface area (Å²) < 4.78 is 5.46. The predicted molar refractivity (Wildman–Crippen MR) is 113 cm³/mol. The predicted octanol–water partition coefficient (Wildman–Crippen LogP) is 4.35. The molecule has 2 aromatic rings. The summed E-state index contributed by atoms with van der Waals surface area (Å²) in [4.78, 5) is 27.1. The molecule has 0 bridgehead atoms. The van der Waals surface area contributed by atoms with Gasteiger partial charge >= 0.3 is 6.09 Å². The summed E-state index contributed by atoms with van der Waals surface area (Å²) in [5, 5.41) is 12.7. The van der Waals surface area contributed by atoms with Crippen molar-refractivity contribution in [1.29, 1.82) is 0 Å². The Morgan fingerprint density at radius 2 is 2.03 bits per heavy atom. The highest BCUT2D eigenvalue weighted by Gasteiger charge is 2.30. The van der Waals surface area contributed by atoms with Crippen molar-refractivity contribution in [3.8, 4) is 0 Å². The van der Waals surface area contributed by atoms with E-state index < -0.39 is 0 Å². The third kappa shape index (κ3) is 6.37. The Balaban J connectivity index is 0.00000145. The molecule has 0 saturated heterocycles. The maximum atomic E-state index is 12.3. The van der Waals surface area contributed by atoms with Crippen LogP contribution in [0.5, 0.6) is 0 Å². The number of alkyl carbamates (subject to hydrolysis) is 1. The molecule has 2 unspecified atom stereocenters. The van der Waals surface area contributed by atoms with Gasteiger partial charge in [0.1, 0.15) is 6.10 Å². The van der Waals surface area contributed by atoms with Gasteiger partial charge in [0.25, 0.3) is 5.91 Å². The number of hydrogen-bond acceptors (Lipinski definition) is 4. The Kier molecular flexibility index (Phi) is 8.30. The van der Waals surface area contributed by atoms with Gasteiger partial charge in [0.15, 0.2) is 5.82 Å². The molecule has 3 rings (SSSR count). The standard InChI is InChI=1S/C19H27N5O3.C2H6/c1-4-14-7-13(10-20-14)18(25)22-17-9-16(23-24-17)12-5-6-15(8-12)27-19(26)21-11(2)3;1-2/h7,9-12,15,20H,4-6,8H2,1-3H3,(H,21,26)(H2,22,23,24,25);1-2H3. The maximum Gasteiger partial charge on any atom is 0.407 e. The lowest BCUT2D eigenvalue weighted by molar-refractivity contribution is 0.0979. The lowest BCUT2D eigenvalue weighted by Gasteiger charge is -2.14. The Morgan fingerprint density at radius 3 is 2.69 bits per heavy atom. The van der Waals surface area contributed by atoms with Crippen molar-refractivity contribution < 1.29 is 14.3 Å². The number of nitrogens with one attached hydrogen (secondary N) is 4. The van der Waals surface area contributed by atoms with Crippen molar-refractivity contribution in [3.63, 3.8) is 0 Å². The average Bonchev–Trinajstić information content (AvgIpc) is 3.43. The molecule has 1 aliphatic carbocycles. The van der Waals surface area contributed by atoms with Crippen LogP contribution in [0.15, 0.2) is 18.3 Å². The fraction of sp³-hybridized carbons (Fsp3) is 0.571. The Morgan fingerprint density at radius 1 is 1.28 bits per heavy atom. The molecule has 1 saturated carbocycles. The zero-order valence-corrected chi connectivity index (χ0v) is 18.0. The zero-order valence-electron chi connectivity index (χ0n) is 18.0. The third-order valence-corrected chi connectivity index (χ3v) is 4.73. The second-order valence-electron chi connectivity index (χ2n) is 7.27. The van der Waals surface area contributed by atoms with E-state index in [9.17, 15) is 9.59 Å². The first-order chi connectivity index (χ1) is 13.9. The Hall–Kier alpha value is -2.77. The molecule has 2 atom stereocenters. The molecular formula is C21H33N5O3. The first kappa shape index (κ1) is 22.5. The molecule has 2 aromatic heterocycles. The molecule has 8 nitrogen and oxygen atoms in total. The van der Waals surface area contributed by atoms with Crippen LogP contribution in [-0.2, 0) is 11.2 Å². The molecule has 0 spiro atoms. The number of aryl methyl sites for hydroxylation is 1. The average molecular weight is 404 g/mol. The van der Waals surface area contributed by atoms with Gasteiger partial charge in [-0.2, -0.15) is 5.10 Å². The monoisotopic (exact) mass is 403 g/mol. The van der Waals surface area contributed by atoms with Crippen LogP contribution in [0.4, 0.5) is 10.6 Å². The van der Waals surface area contributed by atoms with E-state index in [2.05, 4.69) is 25.8 Å². The van der Waals surface area contributed by atoms with Gasteiger partial charge in [-0.3, -0.25) is 9.89 Å². The van der Waals surface area contributed by atoms with Gasteiger partial charge in [-0.25, -0.2) is 4.79 Å². The summed E-state index contributed by atoms with van der Waals surface area (Å²) in [6.45, 7) is 9.82. The van der Waals surface area contributed by atoms with Crippen molar-refractivity contribution in [1.82, 2.24) is 20.5 Å². The maximum absolute atomic E-state index is 12.3. The van der Waals surface area contributed by atoms with Crippen LogP contribution in [0.2, 0.25) is 0 Å². The van der Waals surface area contributed by atoms with Crippen LogP contribution >= 0.6 is 0 Å². The summed E-state index contributed by atoms with van der Waals surface area (Å²) in [5.41, 5.74) is 2.55. The number of amides is 2. The molecule has 8 heteroatoms. The van der Waals surface area contributed by atoms with Crippen LogP contribution in [-0.4, -0.2) is 39.3 Å². The van der Waals surface area contributed by atoms with E-state index in [0.717, 1.165) is 37.1 Å². The molecule has 2 heterocycles. The Bertz CT molecular complexity index is 796. The highest BCUT2D eigenvalue weighted by molar-refractivity contribution is 6.03. The van der Waals surface area contributed by atoms with E-state index in [0.29, 0.717) is 11.4 Å². The van der Waals surface area contributed by atoms with Gasteiger partial charge in [-0.05, 0) is 45.6 Å². The minimum absolute atomic E-state index is 0.0573. The van der Waals surface area contributed by atoms with E-state index in [-0.39, 0.29) is 30.1 Å². The molecule has 2 amide bonds. The van der Waals surface area contributed by atoms with Gasteiger partial charge < -0.3 is 20.4 Å². The van der Waals surface area contributed by atoms with Crippen LogP contribution in [0.3, 0.4) is 0 Å². The zero-order chi connectivity index (χ0) is 21.4. The molecule has 1 aliphatic rings. The van der Waals surface area contributed by atoms with E-state index in [1.807, 2.05) is 46.8 Å². The van der Waals surface area contributed by atoms with Crippen LogP contribution in [0.1, 0.15) is 81.5 Å². The number of carbonyl (C=O) groups is 2. The van der Waals surface area contributed by atoms with Crippen molar-refractivity contribution in [2.45, 2.75) is 78.4 Å². The molecule has 0 radical (unpaired) electrons. The number of H-pyrrole nitrogens is 2. The van der Waals surface area contributed by atoms with E-state index >= 15 is 0 Å². The van der Waals surface area contributed by atoms with Crippen LogP contribution in [0, 0.1) is 0 Å². The summed E-state index contributed by atoms with van der Waals surface area (Å²) in [7, 11) is 0. The first-order valence-corrected chi connectivity index (χ1v) is 10.5. The van der Waals surface area contributed by atoms with Gasteiger partial charge in [0.2, 0.25) is 0 Å². The first-order valence-electron chi connectivity index (χ1n) is 10.5. The van der Waals surface area contributed by atoms with E-state index in [1.165, 1.54) is 0 Å². The second kappa shape index (κ2) is 10.7. The number of aromatic amines is 2. The van der Waals surface area contributed by atoms with Crippen molar-refractivity contribution >= 4 is 17.8 Å². The summed E-state index contributed by atoms with van der Waals surface area (Å²) in [5.74, 6) is 0.539. The summed E-state index contributed by atoms with van der Waals surface area (Å²) >= 11 is 0. The number of ether oxygens (including phenoxy) is 1. The number of nitrogens with zero attached hydrogens (tertiary/aromatic N) is 1. The summed E-state index contributed by atoms with van der Waals surface area (Å²) in [6.07, 6.45) is 4.56. The van der Waals surface area contributed by atoms with Crippen molar-refractivity contribution in [3.05, 3.63) is 35.3 Å². The van der Waals surface area contributed by atoms with Gasteiger partial charge in [0.05, 0.1) is 5.56 Å². The largest absolute Gasteiger partial charge is 0.446 e. The minimum Gasteiger partial charge on any atom is -0.446 e. The molecule has 0 aromatic carbocycles. The van der Waals surface area contributed by atoms with Gasteiger partial charge in [0, 0.05) is 35.6 Å². The lowest BCUT2D eigenvalue weighted by atomic mass is 10.0. The number of hydrogen-bond donors (Lipinski definition) is 4. The minimum atomic E-state index is -0.369. The highest BCUT2D eigenvalue weighted by atomic mass is 16.6. The number of carbonyl (C=O) groups excluding carboxylic acids is 2. The van der Waals surface area contributed by atoms with Crippen molar-refractivity contribution in [2.24, 2.45) is 0 Å². The fourth-order valence-corrected chi connectivity index (χ4v) is 3.33. The molecule has 4 N–H and O–H groups in total. The topological polar surface area (TPSA) is 112 Å². The van der Waals surface area contributed by atoms with Gasteiger partial charge in [-0.15, -0.1) is 0 Å². The van der Waals surface area contributed by atoms with Gasteiger partial charge in [-0.1, -0.05) is 20.8 Å². The van der Waals surface area contributed by atoms with Crippen LogP contribution < -0.4 is 10.6 Å². The molecule has 29 heavy (non-hydrogen) atoms. The fourth-order valence-electron chi connectivity index (χ4n) is 3.33. The molecule has 1 fully saturated rings. The molecular weight excluding hydrogens is 370 g/mol. The summed E-state index contributed by atoms with van der Waals surface area (Å²) in [6, 6.07) is 3.75. The SMILES string of the molecule is CC.CCc1cc(C(=O)Nc2cc(C3CCC(OC(=O)NC(C)C)C3)[nH]n2)c[nH]1. The van der Waals surface area contributed by atoms with Crippen molar-refractivity contribution in [2.75, 3.05) is 5.32 Å². The third-order valence-electron chi connectivity index (χ3n) is 4.73.